The fraction of sp³-hybridized carbons (Fsp3) is 0.500. The van der Waals surface area contributed by atoms with Crippen molar-refractivity contribution in [2.75, 3.05) is 14.2 Å². The number of likely N-dealkylation sites (N-methyl/N-ethyl adjacent to an activating group) is 1. The van der Waals surface area contributed by atoms with E-state index in [9.17, 15) is 0 Å². The van der Waals surface area contributed by atoms with Crippen molar-refractivity contribution in [2.45, 2.75) is 12.5 Å². The molecule has 0 aliphatic carbocycles. The van der Waals surface area contributed by atoms with Crippen molar-refractivity contribution in [2.24, 2.45) is 7.05 Å². The maximum atomic E-state index is 4.97. The smallest absolute Gasteiger partial charge is 0.233 e. The van der Waals surface area contributed by atoms with Gasteiger partial charge in [-0.25, -0.2) is 0 Å². The number of nitrogens with zero attached hydrogens (tertiary/aromatic N) is 6. The van der Waals surface area contributed by atoms with Gasteiger partial charge in [-0.15, -0.1) is 15.3 Å². The van der Waals surface area contributed by atoms with Crippen LogP contribution in [-0.2, 0) is 13.5 Å². The number of hydrogen-bond donors (Lipinski definition) is 1. The molecular formula is C10H15N7O. The second-order valence-corrected chi connectivity index (χ2v) is 3.74. The first-order chi connectivity index (χ1) is 8.72. The molecule has 0 radical (unpaired) electrons. The van der Waals surface area contributed by atoms with E-state index in [-0.39, 0.29) is 6.04 Å². The van der Waals surface area contributed by atoms with Crippen molar-refractivity contribution in [1.29, 1.82) is 0 Å². The zero-order chi connectivity index (χ0) is 13.0. The topological polar surface area (TPSA) is 90.6 Å². The Hall–Kier alpha value is -2.09. The highest BCUT2D eigenvalue weighted by molar-refractivity contribution is 5.14. The predicted octanol–water partition coefficient (Wildman–Crippen LogP) is -0.488. The van der Waals surface area contributed by atoms with Gasteiger partial charge in [-0.3, -0.25) is 0 Å². The van der Waals surface area contributed by atoms with Crippen LogP contribution in [0.4, 0.5) is 0 Å². The summed E-state index contributed by atoms with van der Waals surface area (Å²) in [6.45, 7) is 0. The van der Waals surface area contributed by atoms with Gasteiger partial charge in [0.2, 0.25) is 5.88 Å². The van der Waals surface area contributed by atoms with E-state index in [4.69, 9.17) is 4.74 Å². The maximum Gasteiger partial charge on any atom is 0.233 e. The number of methoxy groups -OCH3 is 1. The maximum absolute atomic E-state index is 4.97. The predicted molar refractivity (Wildman–Crippen MR) is 62.9 cm³/mol. The van der Waals surface area contributed by atoms with Gasteiger partial charge in [-0.2, -0.15) is 9.90 Å². The molecule has 0 saturated carbocycles. The van der Waals surface area contributed by atoms with Crippen molar-refractivity contribution < 1.29 is 4.74 Å². The Morgan fingerprint density at radius 2 is 2.17 bits per heavy atom. The molecule has 1 N–H and O–H groups in total. The zero-order valence-corrected chi connectivity index (χ0v) is 10.5. The molecule has 1 atom stereocenters. The van der Waals surface area contributed by atoms with E-state index in [1.807, 2.05) is 13.1 Å². The lowest BCUT2D eigenvalue weighted by atomic mass is 10.1. The minimum absolute atomic E-state index is 0.00685. The molecule has 2 heterocycles. The van der Waals surface area contributed by atoms with E-state index < -0.39 is 0 Å². The van der Waals surface area contributed by atoms with Gasteiger partial charge in [0.15, 0.2) is 5.82 Å². The molecule has 0 aliphatic heterocycles. The van der Waals surface area contributed by atoms with Gasteiger partial charge < -0.3 is 10.1 Å². The average molecular weight is 249 g/mol. The molecule has 18 heavy (non-hydrogen) atoms. The molecule has 2 rings (SSSR count). The number of hydrogen-bond acceptors (Lipinski definition) is 7. The van der Waals surface area contributed by atoms with Crippen molar-refractivity contribution in [1.82, 2.24) is 35.7 Å². The number of rotatable bonds is 5. The number of tetrazole rings is 1. The SMILES string of the molecule is CNC(Cc1nnn(C)n1)c1ccc(OC)nn1. The Kier molecular flexibility index (Phi) is 3.78. The van der Waals surface area contributed by atoms with Crippen LogP contribution >= 0.6 is 0 Å². The van der Waals surface area contributed by atoms with E-state index >= 15 is 0 Å². The fourth-order valence-corrected chi connectivity index (χ4v) is 1.57. The largest absolute Gasteiger partial charge is 0.480 e. The van der Waals surface area contributed by atoms with Crippen molar-refractivity contribution in [3.8, 4) is 5.88 Å². The lowest BCUT2D eigenvalue weighted by Gasteiger charge is -2.12. The minimum atomic E-state index is -0.00685. The standard InChI is InChI=1S/C10H15N7O/c1-11-8(6-9-13-16-17(2)15-9)7-4-5-10(18-3)14-12-7/h4-5,8,11H,6H2,1-3H3. The van der Waals surface area contributed by atoms with Crippen molar-refractivity contribution in [3.63, 3.8) is 0 Å². The molecular weight excluding hydrogens is 234 g/mol. The lowest BCUT2D eigenvalue weighted by Crippen LogP contribution is -2.21. The third kappa shape index (κ3) is 2.77. The summed E-state index contributed by atoms with van der Waals surface area (Å²) in [6, 6.07) is 3.63. The molecule has 0 amide bonds. The van der Waals surface area contributed by atoms with Crippen LogP contribution in [0.3, 0.4) is 0 Å². The summed E-state index contributed by atoms with van der Waals surface area (Å²) in [5.41, 5.74) is 0.811. The molecule has 1 unspecified atom stereocenters. The van der Waals surface area contributed by atoms with Crippen LogP contribution in [0.2, 0.25) is 0 Å². The number of aromatic nitrogens is 6. The van der Waals surface area contributed by atoms with Crippen LogP contribution in [0.5, 0.6) is 5.88 Å². The Bertz CT molecular complexity index is 495. The van der Waals surface area contributed by atoms with Crippen LogP contribution in [-0.4, -0.2) is 44.6 Å². The van der Waals surface area contributed by atoms with E-state index in [2.05, 4.69) is 30.9 Å². The highest BCUT2D eigenvalue weighted by Gasteiger charge is 2.15. The van der Waals surface area contributed by atoms with Crippen LogP contribution in [0.1, 0.15) is 17.6 Å². The molecule has 0 fully saturated rings. The summed E-state index contributed by atoms with van der Waals surface area (Å²) in [5, 5.41) is 23.1. The summed E-state index contributed by atoms with van der Waals surface area (Å²) >= 11 is 0. The fourth-order valence-electron chi connectivity index (χ4n) is 1.57. The highest BCUT2D eigenvalue weighted by Crippen LogP contribution is 2.14. The second kappa shape index (κ2) is 5.50. The molecule has 0 aliphatic rings. The first-order valence-electron chi connectivity index (χ1n) is 5.50. The second-order valence-electron chi connectivity index (χ2n) is 3.74. The van der Waals surface area contributed by atoms with Crippen LogP contribution in [0.25, 0.3) is 0 Å². The number of nitrogens with one attached hydrogen (secondary N) is 1. The monoisotopic (exact) mass is 249 g/mol. The summed E-state index contributed by atoms with van der Waals surface area (Å²) in [7, 11) is 5.15. The van der Waals surface area contributed by atoms with E-state index in [0.29, 0.717) is 18.1 Å². The Morgan fingerprint density at radius 3 is 2.67 bits per heavy atom. The van der Waals surface area contributed by atoms with Gasteiger partial charge in [0.05, 0.1) is 25.9 Å². The van der Waals surface area contributed by atoms with Crippen molar-refractivity contribution in [3.05, 3.63) is 23.7 Å². The average Bonchev–Trinajstić information content (AvgIpc) is 2.82. The van der Waals surface area contributed by atoms with E-state index in [1.54, 1.807) is 20.2 Å². The van der Waals surface area contributed by atoms with Gasteiger partial charge in [-0.1, -0.05) is 0 Å². The molecule has 0 saturated heterocycles. The Balaban J connectivity index is 2.12. The Morgan fingerprint density at radius 1 is 1.33 bits per heavy atom. The first-order valence-corrected chi connectivity index (χ1v) is 5.50. The molecule has 0 spiro atoms. The van der Waals surface area contributed by atoms with Gasteiger partial charge in [-0.05, 0) is 18.3 Å². The highest BCUT2D eigenvalue weighted by atomic mass is 16.5. The van der Waals surface area contributed by atoms with Crippen LogP contribution in [0, 0.1) is 0 Å². The minimum Gasteiger partial charge on any atom is -0.480 e. The normalized spacial score (nSPS) is 12.4. The molecule has 96 valence electrons. The van der Waals surface area contributed by atoms with Gasteiger partial charge >= 0.3 is 0 Å². The summed E-state index contributed by atoms with van der Waals surface area (Å²) in [4.78, 5) is 1.43. The summed E-state index contributed by atoms with van der Waals surface area (Å²) < 4.78 is 4.97. The summed E-state index contributed by atoms with van der Waals surface area (Å²) in [6.07, 6.45) is 0.603. The Labute approximate surface area is 104 Å². The van der Waals surface area contributed by atoms with E-state index in [1.165, 1.54) is 4.80 Å². The van der Waals surface area contributed by atoms with Gasteiger partial charge in [0.25, 0.3) is 0 Å². The molecule has 2 aromatic heterocycles. The first kappa shape index (κ1) is 12.4. The third-order valence-corrected chi connectivity index (χ3v) is 2.51. The summed E-state index contributed by atoms with van der Waals surface area (Å²) in [5.74, 6) is 1.15. The molecule has 8 heteroatoms. The van der Waals surface area contributed by atoms with Crippen LogP contribution in [0.15, 0.2) is 12.1 Å². The third-order valence-electron chi connectivity index (χ3n) is 2.51. The zero-order valence-electron chi connectivity index (χ0n) is 10.5. The molecule has 2 aromatic rings. The quantitative estimate of drug-likeness (QED) is 0.764. The van der Waals surface area contributed by atoms with Crippen LogP contribution < -0.4 is 10.1 Å². The lowest BCUT2D eigenvalue weighted by molar-refractivity contribution is 0.389. The van der Waals surface area contributed by atoms with E-state index in [0.717, 1.165) is 5.69 Å². The number of aryl methyl sites for hydroxylation is 1. The number of ether oxygens (including phenoxy) is 1. The van der Waals surface area contributed by atoms with Gasteiger partial charge in [0, 0.05) is 12.5 Å². The molecule has 0 aromatic carbocycles. The van der Waals surface area contributed by atoms with Gasteiger partial charge in [0.1, 0.15) is 0 Å². The van der Waals surface area contributed by atoms with Crippen molar-refractivity contribution >= 4 is 0 Å². The molecule has 8 nitrogen and oxygen atoms in total. The molecule has 0 bridgehead atoms.